The molecule has 8 nitrogen and oxygen atoms in total. The van der Waals surface area contributed by atoms with Crippen molar-refractivity contribution in [1.29, 1.82) is 0 Å². The van der Waals surface area contributed by atoms with Crippen LogP contribution in [0.2, 0.25) is 0 Å². The highest BCUT2D eigenvalue weighted by Crippen LogP contribution is 2.17. The van der Waals surface area contributed by atoms with Crippen molar-refractivity contribution >= 4 is 37.1 Å². The summed E-state index contributed by atoms with van der Waals surface area (Å²) in [7, 11) is -7.20. The molecule has 1 aliphatic heterocycles. The van der Waals surface area contributed by atoms with Gasteiger partial charge < -0.3 is 4.57 Å². The number of sulfone groups is 1. The Hall–Kier alpha value is -2.60. The maximum atomic E-state index is 12.8. The van der Waals surface area contributed by atoms with E-state index in [1.807, 2.05) is 46.5 Å². The molecule has 0 saturated carbocycles. The Kier molecular flexibility index (Phi) is 6.42. The topological polar surface area (TPSA) is 115 Å². The Bertz CT molecular complexity index is 1410. The third-order valence-corrected chi connectivity index (χ3v) is 9.08. The predicted molar refractivity (Wildman–Crippen MR) is 122 cm³/mol. The first-order valence-corrected chi connectivity index (χ1v) is 14.0. The van der Waals surface area contributed by atoms with Gasteiger partial charge in [0.15, 0.2) is 14.6 Å². The molecule has 2 heterocycles. The third-order valence-electron chi connectivity index (χ3n) is 5.00. The van der Waals surface area contributed by atoms with Gasteiger partial charge in [-0.25, -0.2) is 21.6 Å². The van der Waals surface area contributed by atoms with Gasteiger partial charge in [-0.3, -0.25) is 4.79 Å². The van der Waals surface area contributed by atoms with Crippen LogP contribution in [0.4, 0.5) is 0 Å². The monoisotopic (exact) mass is 491 g/mol. The number of thiazole rings is 1. The third kappa shape index (κ3) is 5.41. The number of hydrogen-bond donors (Lipinski definition) is 1. The van der Waals surface area contributed by atoms with Gasteiger partial charge in [0.05, 0.1) is 16.4 Å². The molecule has 2 aromatic carbocycles. The maximum absolute atomic E-state index is 12.8. The minimum Gasteiger partial charge on any atom is -0.319 e. The maximum Gasteiger partial charge on any atom is 0.279 e. The summed E-state index contributed by atoms with van der Waals surface area (Å²) in [5.74, 6) is -0.823. The molecule has 1 amide bonds. The number of rotatable bonds is 6. The standard InChI is InChI=1S/C21H21N3O5S3/c25-20(22-21-24(10-11-30-21)14-16-5-2-1-3-6-16)17-7-4-8-19(13-17)32(28,29)23-18-9-12-31(26,27)15-18/h1-8,10-11,13,18,23H,9,12,14-15H2. The number of carbonyl (C=O) groups excluding carboxylic acids is 1. The van der Waals surface area contributed by atoms with E-state index < -0.39 is 31.8 Å². The van der Waals surface area contributed by atoms with Crippen LogP contribution in [0.1, 0.15) is 22.3 Å². The van der Waals surface area contributed by atoms with Crippen molar-refractivity contribution in [3.05, 3.63) is 82.1 Å². The van der Waals surface area contributed by atoms with Gasteiger partial charge in [0, 0.05) is 29.7 Å². The molecule has 11 heteroatoms. The molecule has 3 aromatic rings. The van der Waals surface area contributed by atoms with Crippen LogP contribution in [-0.2, 0) is 26.4 Å². The number of carbonyl (C=O) groups is 1. The fourth-order valence-corrected chi connectivity index (χ4v) is 7.23. The van der Waals surface area contributed by atoms with E-state index >= 15 is 0 Å². The van der Waals surface area contributed by atoms with Crippen molar-refractivity contribution in [2.75, 3.05) is 11.5 Å². The van der Waals surface area contributed by atoms with Crippen LogP contribution in [0.25, 0.3) is 0 Å². The molecule has 1 unspecified atom stereocenters. The van der Waals surface area contributed by atoms with Crippen LogP contribution < -0.4 is 9.52 Å². The Morgan fingerprint density at radius 3 is 2.66 bits per heavy atom. The van der Waals surface area contributed by atoms with Crippen LogP contribution in [0.5, 0.6) is 0 Å². The van der Waals surface area contributed by atoms with E-state index in [2.05, 4.69) is 9.71 Å². The second-order valence-electron chi connectivity index (χ2n) is 7.47. The summed E-state index contributed by atoms with van der Waals surface area (Å²) < 4.78 is 52.9. The van der Waals surface area contributed by atoms with E-state index in [-0.39, 0.29) is 28.4 Å². The molecule has 1 saturated heterocycles. The van der Waals surface area contributed by atoms with Crippen molar-refractivity contribution < 1.29 is 21.6 Å². The van der Waals surface area contributed by atoms with E-state index in [9.17, 15) is 21.6 Å². The van der Waals surface area contributed by atoms with Crippen molar-refractivity contribution in [1.82, 2.24) is 9.29 Å². The lowest BCUT2D eigenvalue weighted by Crippen LogP contribution is -2.35. The van der Waals surface area contributed by atoms with Crippen molar-refractivity contribution in [2.24, 2.45) is 4.99 Å². The number of aromatic nitrogens is 1. The lowest BCUT2D eigenvalue weighted by Gasteiger charge is -2.12. The fourth-order valence-electron chi connectivity index (χ4n) is 3.41. The molecule has 0 spiro atoms. The summed E-state index contributed by atoms with van der Waals surface area (Å²) >= 11 is 1.31. The number of amides is 1. The highest BCUT2D eigenvalue weighted by atomic mass is 32.2. The van der Waals surface area contributed by atoms with Gasteiger partial charge in [0.2, 0.25) is 10.0 Å². The van der Waals surface area contributed by atoms with Gasteiger partial charge in [-0.1, -0.05) is 36.4 Å². The van der Waals surface area contributed by atoms with Gasteiger partial charge in [0.25, 0.3) is 5.91 Å². The zero-order chi connectivity index (χ0) is 22.8. The van der Waals surface area contributed by atoms with Crippen molar-refractivity contribution in [2.45, 2.75) is 23.9 Å². The Morgan fingerprint density at radius 2 is 1.94 bits per heavy atom. The minimum absolute atomic E-state index is 0.0403. The number of nitrogens with one attached hydrogen (secondary N) is 1. The summed E-state index contributed by atoms with van der Waals surface area (Å²) in [6, 6.07) is 14.7. The van der Waals surface area contributed by atoms with Gasteiger partial charge >= 0.3 is 0 Å². The largest absolute Gasteiger partial charge is 0.319 e. The minimum atomic E-state index is -3.97. The molecule has 32 heavy (non-hydrogen) atoms. The molecule has 1 aliphatic rings. The van der Waals surface area contributed by atoms with E-state index in [4.69, 9.17) is 0 Å². The molecule has 1 N–H and O–H groups in total. The number of nitrogens with zero attached hydrogens (tertiary/aromatic N) is 2. The van der Waals surface area contributed by atoms with Gasteiger partial charge in [0.1, 0.15) is 0 Å². The fraction of sp³-hybridized carbons (Fsp3) is 0.238. The lowest BCUT2D eigenvalue weighted by molar-refractivity contribution is 0.0997. The molecule has 1 atom stereocenters. The smallest absolute Gasteiger partial charge is 0.279 e. The number of sulfonamides is 1. The summed E-state index contributed by atoms with van der Waals surface area (Å²) in [6.07, 6.45) is 2.07. The Morgan fingerprint density at radius 1 is 1.16 bits per heavy atom. The molecule has 0 bridgehead atoms. The van der Waals surface area contributed by atoms with Gasteiger partial charge in [-0.2, -0.15) is 4.99 Å². The molecular formula is C21H21N3O5S3. The van der Waals surface area contributed by atoms with E-state index in [0.717, 1.165) is 5.56 Å². The van der Waals surface area contributed by atoms with Crippen LogP contribution >= 0.6 is 11.3 Å². The van der Waals surface area contributed by atoms with E-state index in [1.54, 1.807) is 0 Å². The molecule has 4 rings (SSSR count). The first kappa shape index (κ1) is 22.6. The molecular weight excluding hydrogens is 470 g/mol. The average molecular weight is 492 g/mol. The van der Waals surface area contributed by atoms with Gasteiger partial charge in [-0.15, -0.1) is 11.3 Å². The summed E-state index contributed by atoms with van der Waals surface area (Å²) in [6.45, 7) is 0.555. The van der Waals surface area contributed by atoms with Crippen LogP contribution in [0, 0.1) is 0 Å². The SMILES string of the molecule is O=C(N=c1sccn1Cc1ccccc1)c1cccc(S(=O)(=O)NC2CCS(=O)(=O)C2)c1. The first-order chi connectivity index (χ1) is 15.2. The molecule has 1 fully saturated rings. The molecule has 1 aromatic heterocycles. The van der Waals surface area contributed by atoms with Crippen LogP contribution in [-0.4, -0.2) is 44.9 Å². The highest BCUT2D eigenvalue weighted by molar-refractivity contribution is 7.92. The quantitative estimate of drug-likeness (QED) is 0.565. The highest BCUT2D eigenvalue weighted by Gasteiger charge is 2.31. The second kappa shape index (κ2) is 9.10. The van der Waals surface area contributed by atoms with Crippen LogP contribution in [0.15, 0.2) is 76.1 Å². The summed E-state index contributed by atoms with van der Waals surface area (Å²) in [4.78, 5) is 17.3. The number of benzene rings is 2. The van der Waals surface area contributed by atoms with Crippen LogP contribution in [0.3, 0.4) is 0 Å². The Balaban J connectivity index is 1.55. The summed E-state index contributed by atoms with van der Waals surface area (Å²) in [5.41, 5.74) is 1.19. The van der Waals surface area contributed by atoms with Crippen molar-refractivity contribution in [3.63, 3.8) is 0 Å². The molecule has 0 radical (unpaired) electrons. The summed E-state index contributed by atoms with van der Waals surface area (Å²) in [5, 5.41) is 1.83. The van der Waals surface area contributed by atoms with Gasteiger partial charge in [-0.05, 0) is 30.2 Å². The molecule has 0 aliphatic carbocycles. The van der Waals surface area contributed by atoms with Crippen molar-refractivity contribution in [3.8, 4) is 0 Å². The first-order valence-electron chi connectivity index (χ1n) is 9.82. The average Bonchev–Trinajstić information content (AvgIpc) is 3.33. The number of hydrogen-bond acceptors (Lipinski definition) is 6. The zero-order valence-corrected chi connectivity index (χ0v) is 19.4. The predicted octanol–water partition coefficient (Wildman–Crippen LogP) is 1.80. The zero-order valence-electron chi connectivity index (χ0n) is 16.9. The molecule has 168 valence electrons. The van der Waals surface area contributed by atoms with E-state index in [0.29, 0.717) is 11.3 Å². The normalized spacial score (nSPS) is 18.6. The lowest BCUT2D eigenvalue weighted by atomic mass is 10.2. The Labute approximate surface area is 190 Å². The second-order valence-corrected chi connectivity index (χ2v) is 12.3. The van der Waals surface area contributed by atoms with E-state index in [1.165, 1.54) is 35.6 Å².